The van der Waals surface area contributed by atoms with E-state index in [1.807, 2.05) is 63.3 Å². The molecule has 0 saturated carbocycles. The topological polar surface area (TPSA) is 151 Å². The molecule has 20 heteroatoms. The van der Waals surface area contributed by atoms with Gasteiger partial charge in [0.05, 0.1) is 31.0 Å². The third kappa shape index (κ3) is 12.2. The van der Waals surface area contributed by atoms with Crippen LogP contribution in [0.15, 0.2) is 77.2 Å². The predicted molar refractivity (Wildman–Crippen MR) is 258 cm³/mol. The second-order valence-corrected chi connectivity index (χ2v) is 19.7. The fourth-order valence-corrected chi connectivity index (χ4v) is 9.43. The molecule has 5 heterocycles. The van der Waals surface area contributed by atoms with Crippen LogP contribution in [-0.2, 0) is 30.7 Å². The van der Waals surface area contributed by atoms with Gasteiger partial charge in [-0.2, -0.15) is 17.6 Å². The first-order chi connectivity index (χ1) is 34.8. The average Bonchev–Trinajstić information content (AvgIpc) is 4.09. The van der Waals surface area contributed by atoms with Gasteiger partial charge in [0.2, 0.25) is 5.89 Å². The molecule has 0 bridgehead atoms. The van der Waals surface area contributed by atoms with E-state index in [-0.39, 0.29) is 53.3 Å². The van der Waals surface area contributed by atoms with E-state index in [0.717, 1.165) is 61.8 Å². The monoisotopic (exact) mass is 1020 g/mol. The average molecular weight is 1020 g/mol. The number of aromatic nitrogens is 2. The number of fused-ring (bicyclic) bond motifs is 2. The molecular formula is C53H57F6N7O7. The van der Waals surface area contributed by atoms with Crippen molar-refractivity contribution < 1.29 is 59.4 Å². The molecule has 4 aliphatic heterocycles. The SMILES string of the molecule is CC1(C)Cc2cccc(N(Cc3ccc(-c4nnc(C(F)F)o4)cc3F)C(=O)N3CCCCC3)c2O1.CC1(C)Cc2cccc(N(Cc3ccc(C(=O)CNC(=O)C(F)F)cc3F)C(=O)N3CCCCC3)c2O1. The molecule has 0 spiro atoms. The quantitative estimate of drug-likeness (QED) is 0.0951. The number of hydrogen-bond donors (Lipinski definition) is 1. The lowest BCUT2D eigenvalue weighted by Crippen LogP contribution is -2.45. The number of carbonyl (C=O) groups is 4. The van der Waals surface area contributed by atoms with Crippen LogP contribution in [0, 0.1) is 11.6 Å². The number of anilines is 2. The molecule has 0 radical (unpaired) electrons. The smallest absolute Gasteiger partial charge is 0.324 e. The number of para-hydroxylation sites is 2. The number of benzene rings is 4. The van der Waals surface area contributed by atoms with E-state index >= 15 is 8.78 Å². The lowest BCUT2D eigenvalue weighted by atomic mass is 10.0. The van der Waals surface area contributed by atoms with Crippen LogP contribution >= 0.6 is 0 Å². The van der Waals surface area contributed by atoms with Gasteiger partial charge in [0.1, 0.15) is 34.3 Å². The van der Waals surface area contributed by atoms with Crippen LogP contribution in [0.3, 0.4) is 0 Å². The van der Waals surface area contributed by atoms with E-state index in [4.69, 9.17) is 13.9 Å². The molecule has 4 aromatic carbocycles. The molecular weight excluding hydrogens is 961 g/mol. The van der Waals surface area contributed by atoms with Crippen molar-refractivity contribution in [3.63, 3.8) is 0 Å². The minimum Gasteiger partial charge on any atom is -0.485 e. The molecule has 1 aromatic heterocycles. The molecule has 9 rings (SSSR count). The summed E-state index contributed by atoms with van der Waals surface area (Å²) in [7, 11) is 0. The van der Waals surface area contributed by atoms with Gasteiger partial charge >= 0.3 is 24.9 Å². The zero-order valence-corrected chi connectivity index (χ0v) is 41.0. The number of piperidine rings is 2. The Hall–Kier alpha value is -7.12. The lowest BCUT2D eigenvalue weighted by molar-refractivity contribution is -0.131. The Labute approximate surface area is 418 Å². The molecule has 2 fully saturated rings. The van der Waals surface area contributed by atoms with Gasteiger partial charge in [-0.15, -0.1) is 10.2 Å². The lowest BCUT2D eigenvalue weighted by Gasteiger charge is -2.34. The highest BCUT2D eigenvalue weighted by Gasteiger charge is 2.37. The summed E-state index contributed by atoms with van der Waals surface area (Å²) in [5, 5.41) is 8.69. The Morgan fingerprint density at radius 3 is 1.60 bits per heavy atom. The van der Waals surface area contributed by atoms with Gasteiger partial charge in [0, 0.05) is 72.4 Å². The van der Waals surface area contributed by atoms with E-state index in [1.165, 1.54) is 29.2 Å². The summed E-state index contributed by atoms with van der Waals surface area (Å²) in [6.07, 6.45) is 0.962. The molecule has 5 aromatic rings. The zero-order valence-electron chi connectivity index (χ0n) is 41.0. The Bertz CT molecular complexity index is 2850. The summed E-state index contributed by atoms with van der Waals surface area (Å²) < 4.78 is 98.1. The fraction of sp³-hybridized carbons (Fsp3) is 0.434. The first-order valence-corrected chi connectivity index (χ1v) is 24.3. The van der Waals surface area contributed by atoms with Crippen molar-refractivity contribution in [2.75, 3.05) is 42.5 Å². The summed E-state index contributed by atoms with van der Waals surface area (Å²) in [6.45, 7) is 9.60. The van der Waals surface area contributed by atoms with Crippen LogP contribution in [-0.4, -0.2) is 94.1 Å². The second-order valence-electron chi connectivity index (χ2n) is 19.7. The minimum atomic E-state index is -3.25. The number of urea groups is 2. The molecule has 73 heavy (non-hydrogen) atoms. The maximum Gasteiger partial charge on any atom is 0.324 e. The zero-order chi connectivity index (χ0) is 52.2. The Morgan fingerprint density at radius 2 is 1.15 bits per heavy atom. The summed E-state index contributed by atoms with van der Waals surface area (Å²) >= 11 is 0. The number of rotatable bonds is 12. The predicted octanol–water partition coefficient (Wildman–Crippen LogP) is 10.9. The van der Waals surface area contributed by atoms with E-state index in [9.17, 15) is 36.7 Å². The summed E-state index contributed by atoms with van der Waals surface area (Å²) in [5.41, 5.74) is 2.79. The molecule has 1 N–H and O–H groups in total. The highest BCUT2D eigenvalue weighted by atomic mass is 19.3. The minimum absolute atomic E-state index is 0.0339. The number of amides is 5. The van der Waals surface area contributed by atoms with Gasteiger partial charge in [-0.1, -0.05) is 42.5 Å². The Kier molecular flexibility index (Phi) is 15.7. The molecule has 0 atom stereocenters. The summed E-state index contributed by atoms with van der Waals surface area (Å²) in [5.74, 6) is -3.42. The number of nitrogens with one attached hydrogen (secondary N) is 1. The van der Waals surface area contributed by atoms with E-state index in [0.29, 0.717) is 61.9 Å². The van der Waals surface area contributed by atoms with Crippen molar-refractivity contribution in [1.29, 1.82) is 0 Å². The molecule has 14 nitrogen and oxygen atoms in total. The van der Waals surface area contributed by atoms with Gasteiger partial charge in [-0.05, 0) is 96.6 Å². The van der Waals surface area contributed by atoms with Crippen LogP contribution in [0.1, 0.15) is 111 Å². The molecule has 2 saturated heterocycles. The number of hydrogen-bond acceptors (Lipinski definition) is 9. The standard InChI is InChI=1S/C27H30F3N3O4.C26H27F3N4O3/c1-27(2)14-18-7-6-8-21(23(18)37-27)33(26(36)32-11-4-3-5-12-32)16-19-10-9-17(13-20(19)28)22(34)15-31-25(35)24(29)30;1-26(2)14-17-7-6-8-20(21(17)36-26)33(25(34)32-11-4-3-5-12-32)15-18-10-9-16(13-19(18)27)23-30-31-24(35-23)22(28)29/h6-10,13,24H,3-5,11-12,14-16H2,1-2H3,(H,31,35);6-10,13,22H,3-5,11-12,14-15H2,1-2H3. The molecule has 388 valence electrons. The number of alkyl halides is 4. The Balaban J connectivity index is 0.000000195. The fourth-order valence-electron chi connectivity index (χ4n) is 9.43. The Morgan fingerprint density at radius 1 is 0.658 bits per heavy atom. The van der Waals surface area contributed by atoms with Crippen molar-refractivity contribution in [1.82, 2.24) is 25.3 Å². The number of ketones is 1. The molecule has 5 amide bonds. The van der Waals surface area contributed by atoms with Crippen molar-refractivity contribution in [3.05, 3.63) is 118 Å². The maximum absolute atomic E-state index is 15.3. The number of halogens is 6. The first-order valence-electron chi connectivity index (χ1n) is 24.3. The van der Waals surface area contributed by atoms with Crippen LogP contribution in [0.2, 0.25) is 0 Å². The van der Waals surface area contributed by atoms with Gasteiger partial charge in [-0.3, -0.25) is 19.4 Å². The van der Waals surface area contributed by atoms with Crippen molar-refractivity contribution in [2.24, 2.45) is 0 Å². The van der Waals surface area contributed by atoms with Crippen LogP contribution in [0.25, 0.3) is 11.5 Å². The third-order valence-corrected chi connectivity index (χ3v) is 13.0. The first kappa shape index (κ1) is 52.2. The van der Waals surface area contributed by atoms with Gasteiger partial charge in [0.25, 0.3) is 11.8 Å². The summed E-state index contributed by atoms with van der Waals surface area (Å²) in [4.78, 5) is 57.3. The number of ether oxygens (including phenoxy) is 2. The van der Waals surface area contributed by atoms with Crippen LogP contribution < -0.4 is 24.6 Å². The van der Waals surface area contributed by atoms with Crippen molar-refractivity contribution >= 4 is 35.1 Å². The highest BCUT2D eigenvalue weighted by Crippen LogP contribution is 2.45. The number of Topliss-reactive ketones (excluding diaryl/α,β-unsaturated/α-hetero) is 1. The van der Waals surface area contributed by atoms with Gasteiger partial charge in [0.15, 0.2) is 5.78 Å². The maximum atomic E-state index is 15.3. The number of nitrogens with zero attached hydrogens (tertiary/aromatic N) is 6. The van der Waals surface area contributed by atoms with Crippen LogP contribution in [0.4, 0.5) is 47.3 Å². The van der Waals surface area contributed by atoms with Gasteiger partial charge < -0.3 is 29.0 Å². The van der Waals surface area contributed by atoms with Gasteiger partial charge in [-0.25, -0.2) is 18.4 Å². The highest BCUT2D eigenvalue weighted by molar-refractivity contribution is 6.00. The molecule has 4 aliphatic rings. The van der Waals surface area contributed by atoms with Crippen LogP contribution in [0.5, 0.6) is 11.5 Å². The van der Waals surface area contributed by atoms with E-state index in [1.54, 1.807) is 20.8 Å². The largest absolute Gasteiger partial charge is 0.485 e. The second kappa shape index (κ2) is 21.9. The number of likely N-dealkylation sites (tertiary alicyclic amines) is 2. The van der Waals surface area contributed by atoms with E-state index in [2.05, 4.69) is 10.2 Å². The van der Waals surface area contributed by atoms with Crippen molar-refractivity contribution in [2.45, 2.75) is 116 Å². The summed E-state index contributed by atoms with van der Waals surface area (Å²) in [6, 6.07) is 18.7. The molecule has 0 unspecified atom stereocenters. The van der Waals surface area contributed by atoms with E-state index < -0.39 is 59.8 Å². The third-order valence-electron chi connectivity index (χ3n) is 13.0. The molecule has 0 aliphatic carbocycles. The van der Waals surface area contributed by atoms with Crippen molar-refractivity contribution in [3.8, 4) is 23.0 Å². The number of carbonyl (C=O) groups excluding carboxylic acids is 4. The normalized spacial score (nSPS) is 16.4.